The number of nitriles is 1. The van der Waals surface area contributed by atoms with Gasteiger partial charge in [0.15, 0.2) is 0 Å². The Morgan fingerprint density at radius 1 is 1.42 bits per heavy atom. The Hall–Kier alpha value is -1.36. The minimum atomic E-state index is -0.351. The SMILES string of the molecule is CC(C)c1ccc(F)cc1C#N. The minimum Gasteiger partial charge on any atom is -0.207 e. The van der Waals surface area contributed by atoms with Gasteiger partial charge < -0.3 is 0 Å². The summed E-state index contributed by atoms with van der Waals surface area (Å²) in [5, 5.41) is 8.68. The second-order valence-corrected chi connectivity index (χ2v) is 3.00. The molecular weight excluding hydrogens is 153 g/mol. The molecule has 0 radical (unpaired) electrons. The van der Waals surface area contributed by atoms with E-state index in [2.05, 4.69) is 0 Å². The van der Waals surface area contributed by atoms with Crippen molar-refractivity contribution in [3.05, 3.63) is 35.1 Å². The Morgan fingerprint density at radius 3 is 2.58 bits per heavy atom. The standard InChI is InChI=1S/C10H10FN/c1-7(2)10-4-3-9(11)5-8(10)6-12/h3-5,7H,1-2H3. The van der Waals surface area contributed by atoms with Gasteiger partial charge in [0.2, 0.25) is 0 Å². The average Bonchev–Trinajstić information content (AvgIpc) is 2.03. The lowest BCUT2D eigenvalue weighted by Crippen LogP contribution is -1.93. The van der Waals surface area contributed by atoms with Gasteiger partial charge in [-0.2, -0.15) is 5.26 Å². The van der Waals surface area contributed by atoms with Crippen LogP contribution in [0.5, 0.6) is 0 Å². The maximum Gasteiger partial charge on any atom is 0.124 e. The third kappa shape index (κ3) is 1.62. The van der Waals surface area contributed by atoms with Gasteiger partial charge >= 0.3 is 0 Å². The molecule has 0 aliphatic rings. The zero-order chi connectivity index (χ0) is 9.14. The predicted molar refractivity (Wildman–Crippen MR) is 45.2 cm³/mol. The van der Waals surface area contributed by atoms with Gasteiger partial charge in [-0.1, -0.05) is 19.9 Å². The molecule has 1 nitrogen and oxygen atoms in total. The summed E-state index contributed by atoms with van der Waals surface area (Å²) in [6.07, 6.45) is 0. The Labute approximate surface area is 71.4 Å². The molecule has 0 fully saturated rings. The van der Waals surface area contributed by atoms with Crippen molar-refractivity contribution >= 4 is 0 Å². The number of nitrogens with zero attached hydrogens (tertiary/aromatic N) is 1. The summed E-state index contributed by atoms with van der Waals surface area (Å²) in [4.78, 5) is 0. The van der Waals surface area contributed by atoms with Gasteiger partial charge in [0.1, 0.15) is 5.82 Å². The normalized spacial score (nSPS) is 9.92. The van der Waals surface area contributed by atoms with Gasteiger partial charge in [0, 0.05) is 0 Å². The summed E-state index contributed by atoms with van der Waals surface area (Å²) < 4.78 is 12.6. The van der Waals surface area contributed by atoms with Crippen LogP contribution < -0.4 is 0 Å². The van der Waals surface area contributed by atoms with E-state index < -0.39 is 0 Å². The predicted octanol–water partition coefficient (Wildman–Crippen LogP) is 2.82. The van der Waals surface area contributed by atoms with E-state index >= 15 is 0 Å². The third-order valence-corrected chi connectivity index (χ3v) is 1.76. The molecule has 0 bridgehead atoms. The van der Waals surface area contributed by atoms with Crippen LogP contribution in [0.1, 0.15) is 30.9 Å². The van der Waals surface area contributed by atoms with Crippen molar-refractivity contribution in [2.75, 3.05) is 0 Å². The van der Waals surface area contributed by atoms with Crippen LogP contribution in [-0.2, 0) is 0 Å². The summed E-state index contributed by atoms with van der Waals surface area (Å²) in [6, 6.07) is 6.30. The molecule has 2 heteroatoms. The van der Waals surface area contributed by atoms with Gasteiger partial charge in [-0.05, 0) is 23.6 Å². The van der Waals surface area contributed by atoms with Crippen LogP contribution in [0, 0.1) is 17.1 Å². The Kier molecular flexibility index (Phi) is 2.44. The number of benzene rings is 1. The summed E-state index contributed by atoms with van der Waals surface area (Å²) in [5.41, 5.74) is 1.34. The van der Waals surface area contributed by atoms with E-state index in [1.54, 1.807) is 6.07 Å². The Balaban J connectivity index is 3.23. The van der Waals surface area contributed by atoms with Crippen molar-refractivity contribution in [3.8, 4) is 6.07 Å². The fourth-order valence-electron chi connectivity index (χ4n) is 1.13. The van der Waals surface area contributed by atoms with Crippen molar-refractivity contribution in [2.45, 2.75) is 19.8 Å². The lowest BCUT2D eigenvalue weighted by Gasteiger charge is -2.06. The fourth-order valence-corrected chi connectivity index (χ4v) is 1.13. The Bertz CT molecular complexity index is 323. The largest absolute Gasteiger partial charge is 0.207 e. The van der Waals surface area contributed by atoms with Crippen LogP contribution in [0.4, 0.5) is 4.39 Å². The van der Waals surface area contributed by atoms with Crippen molar-refractivity contribution in [1.82, 2.24) is 0 Å². The molecule has 1 rings (SSSR count). The van der Waals surface area contributed by atoms with E-state index in [1.165, 1.54) is 12.1 Å². The van der Waals surface area contributed by atoms with Gasteiger partial charge in [0.25, 0.3) is 0 Å². The number of hydrogen-bond acceptors (Lipinski definition) is 1. The highest BCUT2D eigenvalue weighted by atomic mass is 19.1. The van der Waals surface area contributed by atoms with E-state index in [0.29, 0.717) is 5.56 Å². The maximum absolute atomic E-state index is 12.6. The lowest BCUT2D eigenvalue weighted by molar-refractivity contribution is 0.625. The molecule has 0 N–H and O–H groups in total. The van der Waals surface area contributed by atoms with Crippen LogP contribution in [0.2, 0.25) is 0 Å². The van der Waals surface area contributed by atoms with E-state index in [9.17, 15) is 4.39 Å². The van der Waals surface area contributed by atoms with Gasteiger partial charge in [-0.3, -0.25) is 0 Å². The molecule has 0 spiro atoms. The molecule has 0 heterocycles. The first kappa shape index (κ1) is 8.73. The highest BCUT2D eigenvalue weighted by Crippen LogP contribution is 2.19. The van der Waals surface area contributed by atoms with E-state index in [4.69, 9.17) is 5.26 Å². The summed E-state index contributed by atoms with van der Waals surface area (Å²) in [7, 11) is 0. The lowest BCUT2D eigenvalue weighted by atomic mass is 9.98. The van der Waals surface area contributed by atoms with Crippen LogP contribution in [0.3, 0.4) is 0 Å². The monoisotopic (exact) mass is 163 g/mol. The van der Waals surface area contributed by atoms with Crippen LogP contribution in [0.25, 0.3) is 0 Å². The summed E-state index contributed by atoms with van der Waals surface area (Å²) >= 11 is 0. The molecule has 0 unspecified atom stereocenters. The third-order valence-electron chi connectivity index (χ3n) is 1.76. The van der Waals surface area contributed by atoms with Crippen LogP contribution in [-0.4, -0.2) is 0 Å². The highest BCUT2D eigenvalue weighted by Gasteiger charge is 2.06. The van der Waals surface area contributed by atoms with E-state index in [1.807, 2.05) is 19.9 Å². The minimum absolute atomic E-state index is 0.264. The smallest absolute Gasteiger partial charge is 0.124 e. The van der Waals surface area contributed by atoms with Gasteiger partial charge in [-0.25, -0.2) is 4.39 Å². The molecule has 0 aliphatic heterocycles. The fraction of sp³-hybridized carbons (Fsp3) is 0.300. The van der Waals surface area contributed by atoms with Crippen molar-refractivity contribution in [3.63, 3.8) is 0 Å². The van der Waals surface area contributed by atoms with E-state index in [-0.39, 0.29) is 11.7 Å². The number of hydrogen-bond donors (Lipinski definition) is 0. The quantitative estimate of drug-likeness (QED) is 0.624. The molecule has 0 aliphatic carbocycles. The molecule has 12 heavy (non-hydrogen) atoms. The van der Waals surface area contributed by atoms with E-state index in [0.717, 1.165) is 5.56 Å². The first-order valence-electron chi connectivity index (χ1n) is 3.84. The Morgan fingerprint density at radius 2 is 2.08 bits per heavy atom. The number of rotatable bonds is 1. The van der Waals surface area contributed by atoms with Crippen LogP contribution in [0.15, 0.2) is 18.2 Å². The molecule has 0 saturated carbocycles. The van der Waals surface area contributed by atoms with Gasteiger partial charge in [0.05, 0.1) is 11.6 Å². The second-order valence-electron chi connectivity index (χ2n) is 3.00. The molecule has 0 saturated heterocycles. The molecule has 62 valence electrons. The first-order chi connectivity index (χ1) is 5.65. The molecule has 0 aromatic heterocycles. The van der Waals surface area contributed by atoms with Gasteiger partial charge in [-0.15, -0.1) is 0 Å². The topological polar surface area (TPSA) is 23.8 Å². The van der Waals surface area contributed by atoms with Crippen LogP contribution >= 0.6 is 0 Å². The first-order valence-corrected chi connectivity index (χ1v) is 3.84. The molecule has 1 aromatic carbocycles. The highest BCUT2D eigenvalue weighted by molar-refractivity contribution is 5.39. The maximum atomic E-state index is 12.6. The zero-order valence-electron chi connectivity index (χ0n) is 7.13. The molecule has 0 amide bonds. The molecule has 1 aromatic rings. The van der Waals surface area contributed by atoms with Crippen molar-refractivity contribution in [2.24, 2.45) is 0 Å². The molecule has 0 atom stereocenters. The van der Waals surface area contributed by atoms with Crippen molar-refractivity contribution < 1.29 is 4.39 Å². The average molecular weight is 163 g/mol. The summed E-state index contributed by atoms with van der Waals surface area (Å²) in [5.74, 6) is -0.0869. The van der Waals surface area contributed by atoms with Crippen molar-refractivity contribution in [1.29, 1.82) is 5.26 Å². The number of halogens is 1. The zero-order valence-corrected chi connectivity index (χ0v) is 7.13. The molecular formula is C10H10FN. The second kappa shape index (κ2) is 3.36. The summed E-state index contributed by atoms with van der Waals surface area (Å²) in [6.45, 7) is 3.96.